The van der Waals surface area contributed by atoms with Gasteiger partial charge in [0.05, 0.1) is 19.4 Å². The molecular weight excluding hydrogens is 436 g/mol. The normalized spacial score (nSPS) is 34.0. The van der Waals surface area contributed by atoms with E-state index in [0.717, 1.165) is 0 Å². The zero-order valence-electron chi connectivity index (χ0n) is 15.3. The van der Waals surface area contributed by atoms with Gasteiger partial charge in [0.15, 0.2) is 16.4 Å². The van der Waals surface area contributed by atoms with E-state index in [1.165, 1.54) is 0 Å². The van der Waals surface area contributed by atoms with E-state index < -0.39 is 42.3 Å². The van der Waals surface area contributed by atoms with Crippen molar-refractivity contribution in [3.05, 3.63) is 10.4 Å². The van der Waals surface area contributed by atoms with Gasteiger partial charge in [0, 0.05) is 7.05 Å². The summed E-state index contributed by atoms with van der Waals surface area (Å²) in [5, 5.41) is 0. The van der Waals surface area contributed by atoms with Crippen molar-refractivity contribution in [3.8, 4) is 0 Å². The van der Waals surface area contributed by atoms with Crippen LogP contribution in [0.5, 0.6) is 0 Å². The molecule has 0 amide bonds. The summed E-state index contributed by atoms with van der Waals surface area (Å²) in [7, 11) is -2.13. The van der Waals surface area contributed by atoms with Crippen molar-refractivity contribution < 1.29 is 22.9 Å². The average Bonchev–Trinajstić information content (AvgIpc) is 3.01. The van der Waals surface area contributed by atoms with Gasteiger partial charge in [-0.15, -0.1) is 0 Å². The Morgan fingerprint density at radius 2 is 2.18 bits per heavy atom. The first-order chi connectivity index (χ1) is 13.0. The van der Waals surface area contributed by atoms with E-state index in [0.29, 0.717) is 5.69 Å². The van der Waals surface area contributed by atoms with Crippen LogP contribution in [0.3, 0.4) is 0 Å². The summed E-state index contributed by atoms with van der Waals surface area (Å²) in [6.45, 7) is 3.55. The summed E-state index contributed by atoms with van der Waals surface area (Å²) in [4.78, 5) is 22.2. The van der Waals surface area contributed by atoms with Crippen LogP contribution in [0.1, 0.15) is 13.8 Å². The van der Waals surface area contributed by atoms with E-state index in [1.54, 1.807) is 30.7 Å². The SMILES string of the molecule is CC(C)OP1(=O)OC[C@H]2O[C@@H](N3CN(C)c4c3nc(N)[nH]c4=O)C(Cl)(Cl)[C@@H]2O1. The number of rotatable bonds is 3. The maximum Gasteiger partial charge on any atom is 0.475 e. The van der Waals surface area contributed by atoms with Crippen LogP contribution in [0.15, 0.2) is 4.79 Å². The molecule has 0 saturated carbocycles. The largest absolute Gasteiger partial charge is 0.475 e. The molecule has 156 valence electrons. The van der Waals surface area contributed by atoms with Crippen molar-refractivity contribution in [1.29, 1.82) is 0 Å². The Kier molecular flexibility index (Phi) is 4.86. The number of alkyl halides is 2. The van der Waals surface area contributed by atoms with E-state index in [4.69, 9.17) is 47.2 Å². The van der Waals surface area contributed by atoms with Crippen LogP contribution in [-0.2, 0) is 22.9 Å². The number of anilines is 3. The van der Waals surface area contributed by atoms with E-state index >= 15 is 0 Å². The lowest BCUT2D eigenvalue weighted by Crippen LogP contribution is -2.50. The second-order valence-corrected chi connectivity index (χ2v) is 10.1. The highest BCUT2D eigenvalue weighted by atomic mass is 35.5. The van der Waals surface area contributed by atoms with E-state index in [-0.39, 0.29) is 25.0 Å². The molecule has 28 heavy (non-hydrogen) atoms. The van der Waals surface area contributed by atoms with Crippen LogP contribution in [0.2, 0.25) is 0 Å². The van der Waals surface area contributed by atoms with E-state index in [1.807, 2.05) is 0 Å². The van der Waals surface area contributed by atoms with E-state index in [2.05, 4.69) is 9.97 Å². The molecule has 1 aromatic heterocycles. The predicted molar refractivity (Wildman–Crippen MR) is 103 cm³/mol. The molecule has 1 aromatic rings. The number of fused-ring (bicyclic) bond motifs is 2. The van der Waals surface area contributed by atoms with Crippen LogP contribution in [0.25, 0.3) is 0 Å². The Balaban J connectivity index is 1.66. The topological polar surface area (TPSA) is 132 Å². The lowest BCUT2D eigenvalue weighted by Gasteiger charge is -2.35. The van der Waals surface area contributed by atoms with Crippen LogP contribution in [0, 0.1) is 0 Å². The summed E-state index contributed by atoms with van der Waals surface area (Å²) in [5.41, 5.74) is 5.60. The molecule has 1 unspecified atom stereocenters. The molecule has 4 rings (SSSR count). The third kappa shape index (κ3) is 3.19. The fourth-order valence-corrected chi connectivity index (χ4v) is 5.91. The predicted octanol–water partition coefficient (Wildman–Crippen LogP) is 1.41. The summed E-state index contributed by atoms with van der Waals surface area (Å²) in [5.74, 6) is 0.226. The number of phosphoric ester groups is 1. The van der Waals surface area contributed by atoms with Crippen LogP contribution >= 0.6 is 31.0 Å². The minimum absolute atomic E-state index is 0.0522. The second kappa shape index (κ2) is 6.73. The number of hydrogen-bond donors (Lipinski definition) is 2. The summed E-state index contributed by atoms with van der Waals surface area (Å²) < 4.78 is 33.1. The Hall–Kier alpha value is -1.07. The molecule has 4 heterocycles. The molecule has 11 nitrogen and oxygen atoms in total. The van der Waals surface area contributed by atoms with Gasteiger partial charge in [-0.05, 0) is 13.8 Å². The van der Waals surface area contributed by atoms with Crippen molar-refractivity contribution in [2.75, 3.05) is 35.9 Å². The number of aromatic amines is 1. The lowest BCUT2D eigenvalue weighted by atomic mass is 10.1. The summed E-state index contributed by atoms with van der Waals surface area (Å²) >= 11 is 13.2. The lowest BCUT2D eigenvalue weighted by molar-refractivity contribution is -0.0616. The molecule has 0 spiro atoms. The standard InChI is InChI=1S/C14H20Cl2N5O6P/c1-6(2)26-28(23)24-4-7-9(27-28)14(15,16)12(25-7)21-5-20(3)8-10(21)18-13(17)19-11(8)22/h6-7,9,12H,4-5H2,1-3H3,(H3,17,18,19,22)/t7-,9-,12-,28?/m1/s1. The maximum atomic E-state index is 12.7. The number of aromatic nitrogens is 2. The maximum absolute atomic E-state index is 12.7. The van der Waals surface area contributed by atoms with Gasteiger partial charge >= 0.3 is 7.82 Å². The number of nitrogens with one attached hydrogen (secondary N) is 1. The Morgan fingerprint density at radius 1 is 1.46 bits per heavy atom. The Morgan fingerprint density at radius 3 is 2.86 bits per heavy atom. The number of nitrogen functional groups attached to an aromatic ring is 1. The number of phosphoric acid groups is 1. The first kappa shape index (κ1) is 20.2. The van der Waals surface area contributed by atoms with Gasteiger partial charge in [0.2, 0.25) is 5.95 Å². The number of nitrogens with zero attached hydrogens (tertiary/aromatic N) is 3. The van der Waals surface area contributed by atoms with Gasteiger partial charge < -0.3 is 20.3 Å². The quantitative estimate of drug-likeness (QED) is 0.508. The molecule has 0 bridgehead atoms. The first-order valence-corrected chi connectivity index (χ1v) is 10.8. The smallest absolute Gasteiger partial charge is 0.369 e. The molecular formula is C14H20Cl2N5O6P. The molecule has 2 fully saturated rings. The van der Waals surface area contributed by atoms with Gasteiger partial charge in [-0.25, -0.2) is 4.57 Å². The van der Waals surface area contributed by atoms with Gasteiger partial charge in [0.1, 0.15) is 17.9 Å². The third-order valence-corrected chi connectivity index (χ3v) is 6.96. The van der Waals surface area contributed by atoms with Crippen molar-refractivity contribution in [2.45, 2.75) is 42.7 Å². The monoisotopic (exact) mass is 455 g/mol. The highest BCUT2D eigenvalue weighted by Crippen LogP contribution is 2.60. The minimum atomic E-state index is -3.84. The molecule has 2 saturated heterocycles. The zero-order valence-corrected chi connectivity index (χ0v) is 17.7. The Bertz CT molecular complexity index is 897. The van der Waals surface area contributed by atoms with Crippen LogP contribution < -0.4 is 21.1 Å². The second-order valence-electron chi connectivity index (χ2n) is 7.06. The molecule has 0 aliphatic carbocycles. The molecule has 3 aliphatic heterocycles. The Labute approximate surface area is 170 Å². The fraction of sp³-hybridized carbons (Fsp3) is 0.714. The zero-order chi connectivity index (χ0) is 20.4. The molecule has 4 atom stereocenters. The molecule has 0 aromatic carbocycles. The fourth-order valence-electron chi connectivity index (χ4n) is 3.48. The third-order valence-electron chi connectivity index (χ3n) is 4.53. The summed E-state index contributed by atoms with van der Waals surface area (Å²) in [6, 6.07) is 0. The number of nitrogens with two attached hydrogens (primary N) is 1. The number of hydrogen-bond acceptors (Lipinski definition) is 10. The van der Waals surface area contributed by atoms with E-state index in [9.17, 15) is 9.36 Å². The van der Waals surface area contributed by atoms with Crippen molar-refractivity contribution in [2.24, 2.45) is 0 Å². The molecule has 3 N–H and O–H groups in total. The van der Waals surface area contributed by atoms with Crippen LogP contribution in [-0.4, -0.2) is 59.2 Å². The number of H-pyrrole nitrogens is 1. The van der Waals surface area contributed by atoms with Crippen LogP contribution in [0.4, 0.5) is 17.5 Å². The highest BCUT2D eigenvalue weighted by Gasteiger charge is 2.63. The number of ether oxygens (including phenoxy) is 1. The van der Waals surface area contributed by atoms with Gasteiger partial charge in [-0.3, -0.25) is 23.3 Å². The number of halogens is 2. The van der Waals surface area contributed by atoms with Crippen molar-refractivity contribution >= 4 is 48.5 Å². The van der Waals surface area contributed by atoms with Gasteiger partial charge in [-0.1, -0.05) is 23.2 Å². The highest BCUT2D eigenvalue weighted by molar-refractivity contribution is 7.48. The van der Waals surface area contributed by atoms with Gasteiger partial charge in [0.25, 0.3) is 5.56 Å². The summed E-state index contributed by atoms with van der Waals surface area (Å²) in [6.07, 6.45) is -3.02. The van der Waals surface area contributed by atoms with Crippen molar-refractivity contribution in [3.63, 3.8) is 0 Å². The molecule has 3 aliphatic rings. The first-order valence-electron chi connectivity index (χ1n) is 8.54. The molecule has 0 radical (unpaired) electrons. The van der Waals surface area contributed by atoms with Gasteiger partial charge in [-0.2, -0.15) is 4.98 Å². The van der Waals surface area contributed by atoms with Crippen molar-refractivity contribution in [1.82, 2.24) is 9.97 Å². The minimum Gasteiger partial charge on any atom is -0.369 e. The average molecular weight is 456 g/mol. The molecule has 14 heteroatoms.